The van der Waals surface area contributed by atoms with Gasteiger partial charge in [0.15, 0.2) is 0 Å². The quantitative estimate of drug-likeness (QED) is 0.932. The van der Waals surface area contributed by atoms with Crippen LogP contribution in [0.25, 0.3) is 0 Å². The van der Waals surface area contributed by atoms with E-state index in [2.05, 4.69) is 30.3 Å². The van der Waals surface area contributed by atoms with Gasteiger partial charge in [-0.15, -0.1) is 0 Å². The molecule has 1 aromatic rings. The van der Waals surface area contributed by atoms with Crippen molar-refractivity contribution in [3.05, 3.63) is 35.9 Å². The number of rotatable bonds is 3. The Labute approximate surface area is 138 Å². The van der Waals surface area contributed by atoms with Gasteiger partial charge in [0.25, 0.3) is 0 Å². The highest BCUT2D eigenvalue weighted by molar-refractivity contribution is 5.81. The summed E-state index contributed by atoms with van der Waals surface area (Å²) in [6, 6.07) is 10.8. The highest BCUT2D eigenvalue weighted by atomic mass is 16.3. The number of hydrogen-bond acceptors (Lipinski definition) is 2. The lowest BCUT2D eigenvalue weighted by molar-refractivity contribution is -0.161. The molecule has 0 radical (unpaired) electrons. The molecule has 3 fully saturated rings. The summed E-state index contributed by atoms with van der Waals surface area (Å²) in [5, 5.41) is 9.81. The SMILES string of the molecule is CC1(O)CC(C(=O)N2CC3(CC[C@H](Cc4ccccc4)C3)C2)C1. The lowest BCUT2D eigenvalue weighted by atomic mass is 9.69. The molecular weight excluding hydrogens is 286 g/mol. The van der Waals surface area contributed by atoms with Crippen molar-refractivity contribution in [3.8, 4) is 0 Å². The summed E-state index contributed by atoms with van der Waals surface area (Å²) in [6.45, 7) is 3.74. The maximum Gasteiger partial charge on any atom is 0.225 e. The van der Waals surface area contributed by atoms with E-state index < -0.39 is 5.60 Å². The molecule has 1 spiro atoms. The molecule has 3 heteroatoms. The van der Waals surface area contributed by atoms with Crippen LogP contribution in [0.15, 0.2) is 30.3 Å². The van der Waals surface area contributed by atoms with Crippen LogP contribution in [0.5, 0.6) is 0 Å². The zero-order valence-electron chi connectivity index (χ0n) is 14.0. The molecule has 0 unspecified atom stereocenters. The number of likely N-dealkylation sites (tertiary alicyclic amines) is 1. The van der Waals surface area contributed by atoms with Gasteiger partial charge in [0.1, 0.15) is 0 Å². The molecule has 23 heavy (non-hydrogen) atoms. The molecule has 1 aliphatic heterocycles. The first-order valence-electron chi connectivity index (χ1n) is 9.00. The molecule has 124 valence electrons. The summed E-state index contributed by atoms with van der Waals surface area (Å²) in [5.41, 5.74) is 1.25. The zero-order chi connectivity index (χ0) is 16.1. The van der Waals surface area contributed by atoms with Crippen molar-refractivity contribution in [1.29, 1.82) is 0 Å². The highest BCUT2D eigenvalue weighted by Gasteiger charge is 2.52. The van der Waals surface area contributed by atoms with E-state index in [9.17, 15) is 9.90 Å². The van der Waals surface area contributed by atoms with Crippen LogP contribution in [-0.2, 0) is 11.2 Å². The molecule has 2 aliphatic carbocycles. The second-order valence-corrected chi connectivity index (χ2v) is 8.59. The molecule has 1 saturated heterocycles. The van der Waals surface area contributed by atoms with Crippen molar-refractivity contribution < 1.29 is 9.90 Å². The van der Waals surface area contributed by atoms with Crippen LogP contribution in [0.3, 0.4) is 0 Å². The smallest absolute Gasteiger partial charge is 0.225 e. The number of carbonyl (C=O) groups is 1. The van der Waals surface area contributed by atoms with E-state index in [1.807, 2.05) is 11.8 Å². The molecule has 1 aromatic carbocycles. The minimum absolute atomic E-state index is 0.0730. The van der Waals surface area contributed by atoms with Crippen LogP contribution in [0.4, 0.5) is 0 Å². The van der Waals surface area contributed by atoms with E-state index in [0.717, 1.165) is 19.0 Å². The maximum atomic E-state index is 12.4. The van der Waals surface area contributed by atoms with Crippen LogP contribution < -0.4 is 0 Å². The van der Waals surface area contributed by atoms with E-state index >= 15 is 0 Å². The van der Waals surface area contributed by atoms with Gasteiger partial charge in [-0.2, -0.15) is 0 Å². The molecule has 1 N–H and O–H groups in total. The topological polar surface area (TPSA) is 40.5 Å². The average Bonchev–Trinajstić information content (AvgIpc) is 2.88. The lowest BCUT2D eigenvalue weighted by Gasteiger charge is -2.52. The summed E-state index contributed by atoms with van der Waals surface area (Å²) < 4.78 is 0. The molecule has 3 nitrogen and oxygen atoms in total. The van der Waals surface area contributed by atoms with Crippen LogP contribution in [0, 0.1) is 17.3 Å². The molecule has 1 amide bonds. The van der Waals surface area contributed by atoms with E-state index in [1.54, 1.807) is 0 Å². The Kier molecular flexibility index (Phi) is 3.53. The summed E-state index contributed by atoms with van der Waals surface area (Å²) in [5.74, 6) is 1.14. The second-order valence-electron chi connectivity index (χ2n) is 8.59. The van der Waals surface area contributed by atoms with E-state index in [1.165, 1.54) is 31.2 Å². The number of hydrogen-bond donors (Lipinski definition) is 1. The molecule has 1 atom stereocenters. The standard InChI is InChI=1S/C20H27NO2/c1-19(23)11-17(12-19)18(22)21-13-20(14-21)8-7-16(10-20)9-15-5-3-2-4-6-15/h2-6,16-17,23H,7-14H2,1H3/t16-,17?,19?/m1/s1. The fraction of sp³-hybridized carbons (Fsp3) is 0.650. The van der Waals surface area contributed by atoms with Crippen LogP contribution in [-0.4, -0.2) is 34.6 Å². The minimum Gasteiger partial charge on any atom is -0.390 e. The van der Waals surface area contributed by atoms with Crippen LogP contribution in [0.1, 0.15) is 44.6 Å². The predicted octanol–water partition coefficient (Wildman–Crippen LogP) is 3.02. The fourth-order valence-electron chi connectivity index (χ4n) is 5.09. The summed E-state index contributed by atoms with van der Waals surface area (Å²) in [7, 11) is 0. The number of amides is 1. The van der Waals surface area contributed by atoms with Crippen LogP contribution >= 0.6 is 0 Å². The second kappa shape index (κ2) is 5.34. The summed E-state index contributed by atoms with van der Waals surface area (Å²) in [4.78, 5) is 14.5. The molecular formula is C20H27NO2. The Balaban J connectivity index is 1.27. The summed E-state index contributed by atoms with van der Waals surface area (Å²) >= 11 is 0. The Bertz CT molecular complexity index is 581. The van der Waals surface area contributed by atoms with Gasteiger partial charge >= 0.3 is 0 Å². The van der Waals surface area contributed by atoms with Crippen molar-refractivity contribution in [1.82, 2.24) is 4.90 Å². The van der Waals surface area contributed by atoms with Crippen molar-refractivity contribution in [2.45, 2.75) is 51.0 Å². The Hall–Kier alpha value is -1.35. The van der Waals surface area contributed by atoms with Gasteiger partial charge in [-0.05, 0) is 56.9 Å². The first-order valence-corrected chi connectivity index (χ1v) is 9.00. The third kappa shape index (κ3) is 2.91. The minimum atomic E-state index is -0.600. The number of benzene rings is 1. The van der Waals surface area contributed by atoms with Crippen molar-refractivity contribution >= 4 is 5.91 Å². The van der Waals surface area contributed by atoms with Gasteiger partial charge < -0.3 is 10.0 Å². The van der Waals surface area contributed by atoms with E-state index in [0.29, 0.717) is 18.3 Å². The zero-order valence-corrected chi connectivity index (χ0v) is 14.0. The fourth-order valence-corrected chi connectivity index (χ4v) is 5.09. The molecule has 1 heterocycles. The van der Waals surface area contributed by atoms with Gasteiger partial charge in [-0.25, -0.2) is 0 Å². The predicted molar refractivity (Wildman–Crippen MR) is 89.8 cm³/mol. The first-order chi connectivity index (χ1) is 10.9. The Morgan fingerprint density at radius 2 is 1.91 bits per heavy atom. The third-order valence-corrected chi connectivity index (χ3v) is 6.26. The molecule has 4 rings (SSSR count). The van der Waals surface area contributed by atoms with Gasteiger partial charge in [0, 0.05) is 24.4 Å². The third-order valence-electron chi connectivity index (χ3n) is 6.26. The lowest BCUT2D eigenvalue weighted by Crippen LogP contribution is -2.61. The van der Waals surface area contributed by atoms with Gasteiger partial charge in [-0.1, -0.05) is 30.3 Å². The van der Waals surface area contributed by atoms with E-state index in [-0.39, 0.29) is 11.8 Å². The molecule has 0 bridgehead atoms. The van der Waals surface area contributed by atoms with Crippen molar-refractivity contribution in [2.75, 3.05) is 13.1 Å². The number of nitrogens with zero attached hydrogens (tertiary/aromatic N) is 1. The van der Waals surface area contributed by atoms with Crippen molar-refractivity contribution in [3.63, 3.8) is 0 Å². The maximum absolute atomic E-state index is 12.4. The highest BCUT2D eigenvalue weighted by Crippen LogP contribution is 2.50. The van der Waals surface area contributed by atoms with Gasteiger partial charge in [0.2, 0.25) is 5.91 Å². The van der Waals surface area contributed by atoms with Crippen molar-refractivity contribution in [2.24, 2.45) is 17.3 Å². The monoisotopic (exact) mass is 313 g/mol. The summed E-state index contributed by atoms with van der Waals surface area (Å²) in [6.07, 6.45) is 6.32. The van der Waals surface area contributed by atoms with E-state index in [4.69, 9.17) is 0 Å². The Morgan fingerprint density at radius 1 is 1.22 bits per heavy atom. The largest absolute Gasteiger partial charge is 0.390 e. The van der Waals surface area contributed by atoms with Gasteiger partial charge in [-0.3, -0.25) is 4.79 Å². The van der Waals surface area contributed by atoms with Crippen LogP contribution in [0.2, 0.25) is 0 Å². The number of aliphatic hydroxyl groups is 1. The molecule has 2 saturated carbocycles. The molecule has 3 aliphatic rings. The Morgan fingerprint density at radius 3 is 2.57 bits per heavy atom. The first kappa shape index (κ1) is 15.2. The average molecular weight is 313 g/mol. The normalized spacial score (nSPS) is 35.0. The molecule has 0 aromatic heterocycles. The van der Waals surface area contributed by atoms with Gasteiger partial charge in [0.05, 0.1) is 5.60 Å². The number of carbonyl (C=O) groups excluding carboxylic acids is 1.